The Bertz CT molecular complexity index is 701. The van der Waals surface area contributed by atoms with Crippen LogP contribution >= 0.6 is 11.8 Å². The first-order valence-electron chi connectivity index (χ1n) is 8.18. The number of carbonyl (C=O) groups is 1. The maximum Gasteiger partial charge on any atom is 0.230 e. The van der Waals surface area contributed by atoms with Gasteiger partial charge in [-0.15, -0.1) is 11.8 Å². The minimum absolute atomic E-state index is 0.00878. The zero-order valence-electron chi connectivity index (χ0n) is 15.2. The first kappa shape index (κ1) is 19.2. The van der Waals surface area contributed by atoms with Crippen molar-refractivity contribution >= 4 is 17.7 Å². The molecule has 0 radical (unpaired) electrons. The highest BCUT2D eigenvalue weighted by Crippen LogP contribution is 2.29. The summed E-state index contributed by atoms with van der Waals surface area (Å²) in [4.78, 5) is 12.2. The van der Waals surface area contributed by atoms with Gasteiger partial charge in [-0.2, -0.15) is 0 Å². The maximum atomic E-state index is 12.2. The minimum Gasteiger partial charge on any atom is -0.497 e. The van der Waals surface area contributed by atoms with Crippen LogP contribution in [0.1, 0.15) is 29.7 Å². The first-order chi connectivity index (χ1) is 12.0. The molecule has 1 atom stereocenters. The Hall–Kier alpha value is -2.14. The van der Waals surface area contributed by atoms with Crippen molar-refractivity contribution in [3.05, 3.63) is 59.2 Å². The van der Waals surface area contributed by atoms with Crippen LogP contribution in [0.2, 0.25) is 0 Å². The summed E-state index contributed by atoms with van der Waals surface area (Å²) in [6.07, 6.45) is 0. The predicted octanol–water partition coefficient (Wildman–Crippen LogP) is 4.12. The van der Waals surface area contributed by atoms with E-state index in [0.717, 1.165) is 22.8 Å². The van der Waals surface area contributed by atoms with Gasteiger partial charge in [-0.3, -0.25) is 4.79 Å². The smallest absolute Gasteiger partial charge is 0.230 e. The fourth-order valence-corrected chi connectivity index (χ4v) is 3.28. The average Bonchev–Trinajstić information content (AvgIpc) is 2.62. The van der Waals surface area contributed by atoms with Gasteiger partial charge in [-0.1, -0.05) is 29.8 Å². The van der Waals surface area contributed by atoms with Crippen molar-refractivity contribution in [2.75, 3.05) is 20.0 Å². The van der Waals surface area contributed by atoms with Crippen molar-refractivity contribution in [3.63, 3.8) is 0 Å². The average molecular weight is 359 g/mol. The lowest BCUT2D eigenvalue weighted by Crippen LogP contribution is -2.28. The molecule has 2 rings (SSSR count). The van der Waals surface area contributed by atoms with Gasteiger partial charge in [0, 0.05) is 11.3 Å². The Morgan fingerprint density at radius 1 is 1.12 bits per heavy atom. The molecule has 1 amide bonds. The summed E-state index contributed by atoms with van der Waals surface area (Å²) >= 11 is 1.61. The fourth-order valence-electron chi connectivity index (χ4n) is 2.48. The molecular weight excluding hydrogens is 334 g/mol. The van der Waals surface area contributed by atoms with Crippen LogP contribution in [0.4, 0.5) is 0 Å². The Labute approximate surface area is 153 Å². The molecule has 0 aromatic heterocycles. The molecule has 0 saturated heterocycles. The number of aryl methyl sites for hydroxylation is 1. The number of thioether (sulfide) groups is 1. The van der Waals surface area contributed by atoms with Gasteiger partial charge in [0.25, 0.3) is 0 Å². The Morgan fingerprint density at radius 2 is 1.84 bits per heavy atom. The quantitative estimate of drug-likeness (QED) is 0.770. The molecule has 0 bridgehead atoms. The van der Waals surface area contributed by atoms with Gasteiger partial charge in [0.15, 0.2) is 0 Å². The monoisotopic (exact) mass is 359 g/mol. The third-order valence-electron chi connectivity index (χ3n) is 3.90. The Morgan fingerprint density at radius 3 is 2.48 bits per heavy atom. The molecule has 0 unspecified atom stereocenters. The van der Waals surface area contributed by atoms with Gasteiger partial charge in [-0.25, -0.2) is 0 Å². The maximum absolute atomic E-state index is 12.2. The summed E-state index contributed by atoms with van der Waals surface area (Å²) in [5.74, 6) is 2.73. The van der Waals surface area contributed by atoms with Crippen molar-refractivity contribution in [2.45, 2.75) is 25.6 Å². The van der Waals surface area contributed by atoms with Crippen LogP contribution in [0.25, 0.3) is 0 Å². The van der Waals surface area contributed by atoms with Crippen molar-refractivity contribution in [1.82, 2.24) is 5.32 Å². The molecule has 0 aliphatic carbocycles. The molecule has 2 aromatic rings. The van der Waals surface area contributed by atoms with Crippen molar-refractivity contribution in [2.24, 2.45) is 0 Å². The van der Waals surface area contributed by atoms with Gasteiger partial charge in [-0.05, 0) is 37.6 Å². The van der Waals surface area contributed by atoms with E-state index in [4.69, 9.17) is 9.47 Å². The van der Waals surface area contributed by atoms with E-state index in [0.29, 0.717) is 5.75 Å². The fraction of sp³-hybridized carbons (Fsp3) is 0.350. The van der Waals surface area contributed by atoms with Crippen LogP contribution in [0.15, 0.2) is 42.5 Å². The van der Waals surface area contributed by atoms with E-state index in [1.54, 1.807) is 26.0 Å². The largest absolute Gasteiger partial charge is 0.497 e. The molecule has 0 fully saturated rings. The third kappa shape index (κ3) is 5.71. The highest BCUT2D eigenvalue weighted by molar-refractivity contribution is 7.99. The second-order valence-electron chi connectivity index (χ2n) is 5.88. The molecule has 0 aliphatic rings. The number of benzene rings is 2. The van der Waals surface area contributed by atoms with E-state index in [1.165, 1.54) is 11.1 Å². The number of nitrogens with one attached hydrogen (secondary N) is 1. The summed E-state index contributed by atoms with van der Waals surface area (Å²) in [5, 5.41) is 3.02. The van der Waals surface area contributed by atoms with E-state index in [2.05, 4.69) is 36.5 Å². The molecule has 0 saturated carbocycles. The number of amides is 1. The predicted molar refractivity (Wildman–Crippen MR) is 103 cm³/mol. The van der Waals surface area contributed by atoms with Crippen LogP contribution in [0.3, 0.4) is 0 Å². The highest BCUT2D eigenvalue weighted by atomic mass is 32.2. The lowest BCUT2D eigenvalue weighted by Gasteiger charge is -2.18. The lowest BCUT2D eigenvalue weighted by molar-refractivity contribution is -0.119. The van der Waals surface area contributed by atoms with Gasteiger partial charge in [0.2, 0.25) is 5.91 Å². The lowest BCUT2D eigenvalue weighted by atomic mass is 10.1. The van der Waals surface area contributed by atoms with Crippen LogP contribution in [-0.2, 0) is 10.5 Å². The molecule has 25 heavy (non-hydrogen) atoms. The molecule has 1 N–H and O–H groups in total. The van der Waals surface area contributed by atoms with E-state index >= 15 is 0 Å². The summed E-state index contributed by atoms with van der Waals surface area (Å²) in [6, 6.07) is 13.8. The number of carbonyl (C=O) groups excluding carboxylic acids is 1. The van der Waals surface area contributed by atoms with E-state index < -0.39 is 0 Å². The highest BCUT2D eigenvalue weighted by Gasteiger charge is 2.15. The standard InChI is InChI=1S/C20H25NO3S/c1-14-5-7-16(8-6-14)12-25-13-20(22)21-15(2)18-11-17(23-3)9-10-19(18)24-4/h5-11,15H,12-13H2,1-4H3,(H,21,22)/t15-/m1/s1. The first-order valence-corrected chi connectivity index (χ1v) is 9.33. The summed E-state index contributed by atoms with van der Waals surface area (Å²) in [5.41, 5.74) is 3.37. The molecule has 0 spiro atoms. The number of methoxy groups -OCH3 is 2. The topological polar surface area (TPSA) is 47.6 Å². The Kier molecular flexibility index (Phi) is 7.19. The van der Waals surface area contributed by atoms with Crippen LogP contribution in [0.5, 0.6) is 11.5 Å². The molecule has 4 nitrogen and oxygen atoms in total. The van der Waals surface area contributed by atoms with Gasteiger partial charge < -0.3 is 14.8 Å². The van der Waals surface area contributed by atoms with Gasteiger partial charge in [0.05, 0.1) is 26.0 Å². The normalized spacial score (nSPS) is 11.7. The van der Waals surface area contributed by atoms with Crippen LogP contribution in [-0.4, -0.2) is 25.9 Å². The van der Waals surface area contributed by atoms with Crippen molar-refractivity contribution < 1.29 is 14.3 Å². The zero-order valence-corrected chi connectivity index (χ0v) is 16.0. The minimum atomic E-state index is -0.155. The molecule has 2 aromatic carbocycles. The van der Waals surface area contributed by atoms with Crippen LogP contribution in [0, 0.1) is 6.92 Å². The van der Waals surface area contributed by atoms with Gasteiger partial charge >= 0.3 is 0 Å². The Balaban J connectivity index is 1.88. The van der Waals surface area contributed by atoms with Gasteiger partial charge in [0.1, 0.15) is 11.5 Å². The molecular formula is C20H25NO3S. The summed E-state index contributed by atoms with van der Waals surface area (Å²) in [6.45, 7) is 4.01. The summed E-state index contributed by atoms with van der Waals surface area (Å²) < 4.78 is 10.6. The molecule has 0 aliphatic heterocycles. The van der Waals surface area contributed by atoms with Crippen molar-refractivity contribution in [3.8, 4) is 11.5 Å². The number of hydrogen-bond acceptors (Lipinski definition) is 4. The second kappa shape index (κ2) is 9.37. The molecule has 0 heterocycles. The number of rotatable bonds is 8. The third-order valence-corrected chi connectivity index (χ3v) is 4.91. The van der Waals surface area contributed by atoms with Crippen molar-refractivity contribution in [1.29, 1.82) is 0 Å². The molecule has 134 valence electrons. The zero-order chi connectivity index (χ0) is 18.2. The van der Waals surface area contributed by atoms with E-state index in [1.807, 2.05) is 25.1 Å². The SMILES string of the molecule is COc1ccc(OC)c([C@@H](C)NC(=O)CSCc2ccc(C)cc2)c1. The van der Waals surface area contributed by atoms with E-state index in [-0.39, 0.29) is 11.9 Å². The summed E-state index contributed by atoms with van der Waals surface area (Å²) in [7, 11) is 3.24. The number of ether oxygens (including phenoxy) is 2. The number of hydrogen-bond donors (Lipinski definition) is 1. The van der Waals surface area contributed by atoms with E-state index in [9.17, 15) is 4.79 Å². The van der Waals surface area contributed by atoms with Crippen LogP contribution < -0.4 is 14.8 Å². The second-order valence-corrected chi connectivity index (χ2v) is 6.86. The molecule has 5 heteroatoms.